The molecule has 0 N–H and O–H groups in total. The van der Waals surface area contributed by atoms with Gasteiger partial charge in [0.05, 0.1) is 24.2 Å². The normalized spacial score (nSPS) is 11.3. The SMILES string of the molecule is CS(=O)(=O)N(Cc1ccccn1)c1ccccc1F. The van der Waals surface area contributed by atoms with Crippen molar-refractivity contribution in [3.05, 3.63) is 60.2 Å². The van der Waals surface area contributed by atoms with Crippen LogP contribution in [-0.2, 0) is 16.6 Å². The number of sulfonamides is 1. The zero-order valence-corrected chi connectivity index (χ0v) is 11.1. The van der Waals surface area contributed by atoms with Gasteiger partial charge in [0.1, 0.15) is 5.82 Å². The van der Waals surface area contributed by atoms with E-state index in [0.717, 1.165) is 10.6 Å². The smallest absolute Gasteiger partial charge is 0.232 e. The molecule has 2 aromatic rings. The maximum absolute atomic E-state index is 13.7. The summed E-state index contributed by atoms with van der Waals surface area (Å²) in [6.07, 6.45) is 2.61. The highest BCUT2D eigenvalue weighted by Crippen LogP contribution is 2.23. The maximum atomic E-state index is 13.7. The summed E-state index contributed by atoms with van der Waals surface area (Å²) in [4.78, 5) is 4.06. The fourth-order valence-corrected chi connectivity index (χ4v) is 2.55. The standard InChI is InChI=1S/C13H13FN2O2S/c1-19(17,18)16(10-11-6-4-5-9-15-11)13-8-3-2-7-12(13)14/h2-9H,10H2,1H3. The van der Waals surface area contributed by atoms with E-state index in [1.807, 2.05) is 0 Å². The van der Waals surface area contributed by atoms with E-state index in [1.54, 1.807) is 30.5 Å². The van der Waals surface area contributed by atoms with Gasteiger partial charge in [-0.1, -0.05) is 18.2 Å². The molecule has 0 unspecified atom stereocenters. The fraction of sp³-hybridized carbons (Fsp3) is 0.154. The van der Waals surface area contributed by atoms with Gasteiger partial charge in [0, 0.05) is 6.20 Å². The van der Waals surface area contributed by atoms with Gasteiger partial charge in [0.2, 0.25) is 10.0 Å². The predicted molar refractivity (Wildman–Crippen MR) is 71.7 cm³/mol. The van der Waals surface area contributed by atoms with Crippen molar-refractivity contribution >= 4 is 15.7 Å². The van der Waals surface area contributed by atoms with Gasteiger partial charge in [-0.2, -0.15) is 0 Å². The second-order valence-electron chi connectivity index (χ2n) is 4.04. The van der Waals surface area contributed by atoms with Crippen LogP contribution < -0.4 is 4.31 Å². The summed E-state index contributed by atoms with van der Waals surface area (Å²) >= 11 is 0. The lowest BCUT2D eigenvalue weighted by Crippen LogP contribution is -2.30. The monoisotopic (exact) mass is 280 g/mol. The number of anilines is 1. The number of halogens is 1. The summed E-state index contributed by atoms with van der Waals surface area (Å²) in [5.74, 6) is -0.580. The minimum atomic E-state index is -3.59. The van der Waals surface area contributed by atoms with Crippen LogP contribution in [0.3, 0.4) is 0 Å². The molecule has 0 saturated heterocycles. The van der Waals surface area contributed by atoms with Gasteiger partial charge < -0.3 is 0 Å². The average molecular weight is 280 g/mol. The van der Waals surface area contributed by atoms with Crippen LogP contribution in [0.15, 0.2) is 48.7 Å². The lowest BCUT2D eigenvalue weighted by Gasteiger charge is -2.22. The molecule has 100 valence electrons. The molecule has 0 bridgehead atoms. The molecule has 0 aliphatic rings. The number of rotatable bonds is 4. The topological polar surface area (TPSA) is 50.3 Å². The first-order valence-corrected chi connectivity index (χ1v) is 7.45. The van der Waals surface area contributed by atoms with Gasteiger partial charge in [-0.3, -0.25) is 9.29 Å². The third-order valence-corrected chi connectivity index (χ3v) is 3.68. The summed E-state index contributed by atoms with van der Waals surface area (Å²) in [6.45, 7) is 0.000602. The van der Waals surface area contributed by atoms with Crippen molar-refractivity contribution in [2.75, 3.05) is 10.6 Å². The molecule has 0 aliphatic carbocycles. The first-order valence-electron chi connectivity index (χ1n) is 5.60. The Bertz CT molecular complexity index is 659. The molecule has 1 aromatic carbocycles. The summed E-state index contributed by atoms with van der Waals surface area (Å²) in [5.41, 5.74) is 0.576. The zero-order valence-electron chi connectivity index (χ0n) is 10.3. The Morgan fingerprint density at radius 3 is 2.42 bits per heavy atom. The maximum Gasteiger partial charge on any atom is 0.232 e. The van der Waals surface area contributed by atoms with E-state index in [2.05, 4.69) is 4.98 Å². The van der Waals surface area contributed by atoms with Crippen molar-refractivity contribution < 1.29 is 12.8 Å². The Kier molecular flexibility index (Phi) is 3.80. The first-order chi connectivity index (χ1) is 8.98. The Labute approximate surface area is 111 Å². The molecule has 4 nitrogen and oxygen atoms in total. The number of nitrogens with zero attached hydrogens (tertiary/aromatic N) is 2. The fourth-order valence-electron chi connectivity index (χ4n) is 1.67. The molecule has 0 radical (unpaired) electrons. The molecule has 0 atom stereocenters. The van der Waals surface area contributed by atoms with Crippen LogP contribution >= 0.6 is 0 Å². The quantitative estimate of drug-likeness (QED) is 0.862. The van der Waals surface area contributed by atoms with Gasteiger partial charge in [-0.05, 0) is 24.3 Å². The molecule has 0 spiro atoms. The Hall–Kier alpha value is -1.95. The van der Waals surface area contributed by atoms with Crippen molar-refractivity contribution in [2.24, 2.45) is 0 Å². The molecule has 1 aromatic heterocycles. The highest BCUT2D eigenvalue weighted by atomic mass is 32.2. The van der Waals surface area contributed by atoms with Crippen LogP contribution in [0.2, 0.25) is 0 Å². The number of benzene rings is 1. The summed E-state index contributed by atoms with van der Waals surface area (Å²) in [6, 6.07) is 10.9. The second-order valence-corrected chi connectivity index (χ2v) is 5.95. The highest BCUT2D eigenvalue weighted by molar-refractivity contribution is 7.92. The second kappa shape index (κ2) is 5.36. The van der Waals surface area contributed by atoms with Crippen LogP contribution in [0.1, 0.15) is 5.69 Å². The lowest BCUT2D eigenvalue weighted by molar-refractivity contribution is 0.589. The van der Waals surface area contributed by atoms with Gasteiger partial charge in [0.15, 0.2) is 0 Å². The van der Waals surface area contributed by atoms with Crippen molar-refractivity contribution in [3.63, 3.8) is 0 Å². The van der Waals surface area contributed by atoms with Gasteiger partial charge in [0.25, 0.3) is 0 Å². The van der Waals surface area contributed by atoms with Gasteiger partial charge >= 0.3 is 0 Å². The van der Waals surface area contributed by atoms with Crippen LogP contribution in [-0.4, -0.2) is 19.7 Å². The molecule has 6 heteroatoms. The van der Waals surface area contributed by atoms with E-state index in [4.69, 9.17) is 0 Å². The predicted octanol–water partition coefficient (Wildman–Crippen LogP) is 2.19. The molecule has 0 fully saturated rings. The lowest BCUT2D eigenvalue weighted by atomic mass is 10.3. The van der Waals surface area contributed by atoms with E-state index in [0.29, 0.717) is 5.69 Å². The largest absolute Gasteiger partial charge is 0.262 e. The Morgan fingerprint density at radius 1 is 1.16 bits per heavy atom. The summed E-state index contributed by atoms with van der Waals surface area (Å²) in [7, 11) is -3.59. The molecule has 1 heterocycles. The van der Waals surface area contributed by atoms with Gasteiger partial charge in [-0.15, -0.1) is 0 Å². The number of aromatic nitrogens is 1. The minimum Gasteiger partial charge on any atom is -0.262 e. The Balaban J connectivity index is 2.41. The third kappa shape index (κ3) is 3.29. The summed E-state index contributed by atoms with van der Waals surface area (Å²) in [5, 5.41) is 0. The molecule has 0 amide bonds. The van der Waals surface area contributed by atoms with E-state index >= 15 is 0 Å². The number of hydrogen-bond donors (Lipinski definition) is 0. The van der Waals surface area contributed by atoms with Crippen LogP contribution in [0.25, 0.3) is 0 Å². The third-order valence-electron chi connectivity index (χ3n) is 2.55. The average Bonchev–Trinajstić information content (AvgIpc) is 2.37. The number of pyridine rings is 1. The first kappa shape index (κ1) is 13.5. The van der Waals surface area contributed by atoms with E-state index in [9.17, 15) is 12.8 Å². The van der Waals surface area contributed by atoms with E-state index in [-0.39, 0.29) is 12.2 Å². The van der Waals surface area contributed by atoms with Gasteiger partial charge in [-0.25, -0.2) is 12.8 Å². The minimum absolute atomic E-state index is 0.000602. The van der Waals surface area contributed by atoms with Crippen LogP contribution in [0, 0.1) is 5.82 Å². The summed E-state index contributed by atoms with van der Waals surface area (Å²) < 4.78 is 38.4. The molecular formula is C13H13FN2O2S. The molecule has 2 rings (SSSR count). The number of hydrogen-bond acceptors (Lipinski definition) is 3. The van der Waals surface area contributed by atoms with Crippen molar-refractivity contribution in [3.8, 4) is 0 Å². The highest BCUT2D eigenvalue weighted by Gasteiger charge is 2.21. The van der Waals surface area contributed by atoms with Crippen molar-refractivity contribution in [1.29, 1.82) is 0 Å². The molecular weight excluding hydrogens is 267 g/mol. The number of para-hydroxylation sites is 1. The Morgan fingerprint density at radius 2 is 1.84 bits per heavy atom. The molecule has 19 heavy (non-hydrogen) atoms. The van der Waals surface area contributed by atoms with E-state index < -0.39 is 15.8 Å². The molecule has 0 aliphatic heterocycles. The molecule has 0 saturated carbocycles. The van der Waals surface area contributed by atoms with E-state index in [1.165, 1.54) is 18.2 Å². The van der Waals surface area contributed by atoms with Crippen molar-refractivity contribution in [1.82, 2.24) is 4.98 Å². The van der Waals surface area contributed by atoms with Crippen LogP contribution in [0.4, 0.5) is 10.1 Å². The zero-order chi connectivity index (χ0) is 13.9. The van der Waals surface area contributed by atoms with Crippen LogP contribution in [0.5, 0.6) is 0 Å². The van der Waals surface area contributed by atoms with Crippen molar-refractivity contribution in [2.45, 2.75) is 6.54 Å².